The van der Waals surface area contributed by atoms with Crippen LogP contribution in [0.15, 0.2) is 12.4 Å². The van der Waals surface area contributed by atoms with Crippen LogP contribution in [0, 0.1) is 6.07 Å². The monoisotopic (exact) mass is 195 g/mol. The van der Waals surface area contributed by atoms with Gasteiger partial charge in [0.2, 0.25) is 3.79 Å². The second kappa shape index (κ2) is 2.91. The van der Waals surface area contributed by atoms with E-state index in [0.29, 0.717) is 0 Å². The number of hydrogen-bond acceptors (Lipinski definition) is 2. The van der Waals surface area contributed by atoms with Gasteiger partial charge in [0, 0.05) is 18.5 Å². The SMILES string of the molecule is ClC(Cl)(Cl)c1nc[c]cn1. The number of hydrogen-bond donors (Lipinski definition) is 0. The van der Waals surface area contributed by atoms with Gasteiger partial charge in [-0.05, 0) is 0 Å². The largest absolute Gasteiger partial charge is 0.250 e. The highest BCUT2D eigenvalue weighted by atomic mass is 35.6. The fraction of sp³-hybridized carbons (Fsp3) is 0.200. The molecular formula is C5H2Cl3N2. The van der Waals surface area contributed by atoms with Crippen molar-refractivity contribution >= 4 is 34.8 Å². The molecule has 10 heavy (non-hydrogen) atoms. The van der Waals surface area contributed by atoms with Gasteiger partial charge in [0.15, 0.2) is 5.82 Å². The lowest BCUT2D eigenvalue weighted by Crippen LogP contribution is -2.05. The van der Waals surface area contributed by atoms with Crippen molar-refractivity contribution in [2.24, 2.45) is 0 Å². The Morgan fingerprint density at radius 3 is 2.00 bits per heavy atom. The summed E-state index contributed by atoms with van der Waals surface area (Å²) < 4.78 is -1.53. The summed E-state index contributed by atoms with van der Waals surface area (Å²) in [7, 11) is 0. The predicted octanol–water partition coefficient (Wildman–Crippen LogP) is 2.10. The number of nitrogens with zero attached hydrogens (tertiary/aromatic N) is 2. The molecule has 5 heteroatoms. The second-order valence-electron chi connectivity index (χ2n) is 1.50. The lowest BCUT2D eigenvalue weighted by Gasteiger charge is -2.06. The minimum Gasteiger partial charge on any atom is -0.236 e. The summed E-state index contributed by atoms with van der Waals surface area (Å²) >= 11 is 16.4. The Hall–Kier alpha value is -0.0500. The lowest BCUT2D eigenvalue weighted by atomic mass is 10.6. The van der Waals surface area contributed by atoms with E-state index in [-0.39, 0.29) is 5.82 Å². The van der Waals surface area contributed by atoms with Crippen LogP contribution >= 0.6 is 34.8 Å². The molecule has 0 aliphatic carbocycles. The van der Waals surface area contributed by atoms with Crippen molar-refractivity contribution in [1.29, 1.82) is 0 Å². The van der Waals surface area contributed by atoms with Crippen molar-refractivity contribution in [2.75, 3.05) is 0 Å². The van der Waals surface area contributed by atoms with E-state index in [9.17, 15) is 0 Å². The fourth-order valence-corrected chi connectivity index (χ4v) is 0.703. The molecule has 0 saturated carbocycles. The maximum Gasteiger partial charge on any atom is 0.250 e. The van der Waals surface area contributed by atoms with E-state index in [1.165, 1.54) is 12.4 Å². The summed E-state index contributed by atoms with van der Waals surface area (Å²) in [6.45, 7) is 0. The number of halogens is 3. The van der Waals surface area contributed by atoms with Crippen molar-refractivity contribution in [3.8, 4) is 0 Å². The molecule has 53 valence electrons. The summed E-state index contributed by atoms with van der Waals surface area (Å²) in [6, 6.07) is 2.61. The van der Waals surface area contributed by atoms with E-state index >= 15 is 0 Å². The molecule has 1 aromatic heterocycles. The topological polar surface area (TPSA) is 25.8 Å². The normalized spacial score (nSPS) is 11.5. The van der Waals surface area contributed by atoms with E-state index in [1.54, 1.807) is 0 Å². The molecule has 0 unspecified atom stereocenters. The molecule has 1 heterocycles. The average molecular weight is 196 g/mol. The summed E-state index contributed by atoms with van der Waals surface area (Å²) in [5.74, 6) is 0.163. The number of rotatable bonds is 0. The minimum atomic E-state index is -1.53. The van der Waals surface area contributed by atoms with E-state index in [2.05, 4.69) is 16.0 Å². The maximum absolute atomic E-state index is 5.45. The maximum atomic E-state index is 5.45. The van der Waals surface area contributed by atoms with Gasteiger partial charge in [0.05, 0.1) is 0 Å². The smallest absolute Gasteiger partial charge is 0.236 e. The predicted molar refractivity (Wildman–Crippen MR) is 40.1 cm³/mol. The quantitative estimate of drug-likeness (QED) is 0.594. The first-order valence-corrected chi connectivity index (χ1v) is 3.49. The van der Waals surface area contributed by atoms with Crippen LogP contribution in [0.2, 0.25) is 0 Å². The highest BCUT2D eigenvalue weighted by Crippen LogP contribution is 2.34. The van der Waals surface area contributed by atoms with Gasteiger partial charge < -0.3 is 0 Å². The molecule has 0 aromatic carbocycles. The molecule has 1 aromatic rings. The van der Waals surface area contributed by atoms with Crippen molar-refractivity contribution in [2.45, 2.75) is 3.79 Å². The third kappa shape index (κ3) is 1.97. The van der Waals surface area contributed by atoms with Crippen molar-refractivity contribution in [3.05, 3.63) is 24.3 Å². The van der Waals surface area contributed by atoms with Crippen molar-refractivity contribution in [1.82, 2.24) is 9.97 Å². The first kappa shape index (κ1) is 8.05. The van der Waals surface area contributed by atoms with Crippen LogP contribution in [0.4, 0.5) is 0 Å². The standard InChI is InChI=1S/C5H2Cl3N2/c6-5(7,8)4-9-2-1-3-10-4/h2-3H. The van der Waals surface area contributed by atoms with Gasteiger partial charge in [-0.1, -0.05) is 34.8 Å². The zero-order valence-corrected chi connectivity index (χ0v) is 6.95. The molecule has 1 rings (SSSR count). The van der Waals surface area contributed by atoms with Crippen LogP contribution in [-0.2, 0) is 3.79 Å². The van der Waals surface area contributed by atoms with Crippen molar-refractivity contribution in [3.63, 3.8) is 0 Å². The molecule has 0 saturated heterocycles. The van der Waals surface area contributed by atoms with Gasteiger partial charge in [0.25, 0.3) is 0 Å². The van der Waals surface area contributed by atoms with E-state index in [4.69, 9.17) is 34.8 Å². The van der Waals surface area contributed by atoms with Crippen LogP contribution in [0.25, 0.3) is 0 Å². The Morgan fingerprint density at radius 2 is 1.70 bits per heavy atom. The van der Waals surface area contributed by atoms with Gasteiger partial charge in [-0.15, -0.1) is 0 Å². The first-order valence-electron chi connectivity index (χ1n) is 2.36. The van der Waals surface area contributed by atoms with Gasteiger partial charge in [0.1, 0.15) is 0 Å². The number of aromatic nitrogens is 2. The zero-order valence-electron chi connectivity index (χ0n) is 4.68. The first-order chi connectivity index (χ1) is 4.61. The van der Waals surface area contributed by atoms with E-state index in [0.717, 1.165) is 0 Å². The molecule has 0 aliphatic rings. The highest BCUT2D eigenvalue weighted by molar-refractivity contribution is 6.66. The van der Waals surface area contributed by atoms with E-state index in [1.807, 2.05) is 0 Å². The third-order valence-electron chi connectivity index (χ3n) is 0.776. The molecule has 0 fully saturated rings. The van der Waals surface area contributed by atoms with Crippen molar-refractivity contribution < 1.29 is 0 Å². The Bertz CT molecular complexity index is 206. The zero-order chi connectivity index (χ0) is 7.61. The van der Waals surface area contributed by atoms with Crippen LogP contribution in [0.3, 0.4) is 0 Å². The lowest BCUT2D eigenvalue weighted by molar-refractivity contribution is 0.967. The summed E-state index contributed by atoms with van der Waals surface area (Å²) in [5, 5.41) is 0. The molecule has 1 radical (unpaired) electrons. The number of alkyl halides is 3. The molecule has 2 nitrogen and oxygen atoms in total. The minimum absolute atomic E-state index is 0.163. The molecular weight excluding hydrogens is 194 g/mol. The average Bonchev–Trinajstić information content (AvgIpc) is 1.88. The molecule has 0 atom stereocenters. The molecule has 0 amide bonds. The fourth-order valence-electron chi connectivity index (χ4n) is 0.410. The Labute approximate surface area is 73.1 Å². The Morgan fingerprint density at radius 1 is 1.20 bits per heavy atom. The molecule has 0 N–H and O–H groups in total. The molecule has 0 aliphatic heterocycles. The van der Waals surface area contributed by atoms with Crippen LogP contribution in [-0.4, -0.2) is 9.97 Å². The Balaban J connectivity index is 2.97. The van der Waals surface area contributed by atoms with Gasteiger partial charge in [-0.2, -0.15) is 0 Å². The second-order valence-corrected chi connectivity index (χ2v) is 3.79. The summed E-state index contributed by atoms with van der Waals surface area (Å²) in [5.41, 5.74) is 0. The van der Waals surface area contributed by atoms with Crippen LogP contribution in [0.1, 0.15) is 5.82 Å². The van der Waals surface area contributed by atoms with Crippen LogP contribution in [0.5, 0.6) is 0 Å². The summed E-state index contributed by atoms with van der Waals surface area (Å²) in [4.78, 5) is 7.38. The summed E-state index contributed by atoms with van der Waals surface area (Å²) in [6.07, 6.45) is 2.79. The highest BCUT2D eigenvalue weighted by Gasteiger charge is 2.25. The van der Waals surface area contributed by atoms with Crippen LogP contribution < -0.4 is 0 Å². The van der Waals surface area contributed by atoms with Gasteiger partial charge in [-0.25, -0.2) is 9.97 Å². The Kier molecular flexibility index (Phi) is 2.34. The van der Waals surface area contributed by atoms with E-state index < -0.39 is 3.79 Å². The van der Waals surface area contributed by atoms with Gasteiger partial charge >= 0.3 is 0 Å². The third-order valence-corrected chi connectivity index (χ3v) is 1.28. The molecule has 0 spiro atoms. The molecule has 0 bridgehead atoms. The van der Waals surface area contributed by atoms with Gasteiger partial charge in [-0.3, -0.25) is 0 Å².